The van der Waals surface area contributed by atoms with E-state index in [1.54, 1.807) is 11.8 Å². The molecule has 1 atom stereocenters. The van der Waals surface area contributed by atoms with Crippen LogP contribution in [0.4, 0.5) is 0 Å². The average Bonchev–Trinajstić information content (AvgIpc) is 2.00. The Morgan fingerprint density at radius 2 is 2.10 bits per heavy atom. The number of aliphatic imine (C=N–C) groups is 1. The van der Waals surface area contributed by atoms with Crippen molar-refractivity contribution in [3.8, 4) is 0 Å². The third kappa shape index (κ3) is 3.72. The van der Waals surface area contributed by atoms with Crippen molar-refractivity contribution in [3.63, 3.8) is 0 Å². The second-order valence-electron chi connectivity index (χ2n) is 1.88. The molecule has 1 aliphatic rings. The van der Waals surface area contributed by atoms with Crippen LogP contribution < -0.4 is 0 Å². The van der Waals surface area contributed by atoms with E-state index >= 15 is 0 Å². The van der Waals surface area contributed by atoms with Gasteiger partial charge in [-0.25, -0.2) is 0 Å². The molecule has 1 heterocycles. The minimum atomic E-state index is 0.429. The van der Waals surface area contributed by atoms with Crippen LogP contribution in [-0.2, 0) is 0 Å². The summed E-state index contributed by atoms with van der Waals surface area (Å²) in [5.74, 6) is 0. The fourth-order valence-corrected chi connectivity index (χ4v) is 1.10. The van der Waals surface area contributed by atoms with Gasteiger partial charge in [0.25, 0.3) is 0 Å². The Labute approximate surface area is 67.6 Å². The smallest absolute Gasteiger partial charge is 0.0963 e. The highest BCUT2D eigenvalue weighted by molar-refractivity contribution is 8.02. The molecule has 0 aromatic rings. The van der Waals surface area contributed by atoms with E-state index < -0.39 is 0 Å². The average molecular weight is 157 g/mol. The molecule has 1 unspecified atom stereocenters. The van der Waals surface area contributed by atoms with Crippen molar-refractivity contribution < 1.29 is 0 Å². The Hall–Kier alpha value is -0.240. The first-order chi connectivity index (χ1) is 4.79. The summed E-state index contributed by atoms with van der Waals surface area (Å²) in [7, 11) is 0. The van der Waals surface area contributed by atoms with Gasteiger partial charge in [-0.15, -0.1) is 11.8 Å². The summed E-state index contributed by atoms with van der Waals surface area (Å²) in [6.45, 7) is 8.15. The molecule has 2 heteroatoms. The second-order valence-corrected chi connectivity index (χ2v) is 3.07. The molecular formula is C8H15NS. The lowest BCUT2D eigenvalue weighted by atomic mass is 10.4. The lowest BCUT2D eigenvalue weighted by Crippen LogP contribution is -1.94. The highest BCUT2D eigenvalue weighted by Gasteiger charge is 1.99. The van der Waals surface area contributed by atoms with Gasteiger partial charge < -0.3 is 0 Å². The lowest BCUT2D eigenvalue weighted by molar-refractivity contribution is 1.05. The van der Waals surface area contributed by atoms with Crippen molar-refractivity contribution >= 4 is 18.0 Å². The Morgan fingerprint density at radius 3 is 2.40 bits per heavy atom. The molecule has 0 fully saturated rings. The van der Waals surface area contributed by atoms with Gasteiger partial charge in [0.1, 0.15) is 0 Å². The Morgan fingerprint density at radius 1 is 1.50 bits per heavy atom. The number of hydrogen-bond acceptors (Lipinski definition) is 2. The summed E-state index contributed by atoms with van der Waals surface area (Å²) in [4.78, 5) is 4.18. The molecule has 0 amide bonds. The molecule has 1 rings (SSSR count). The van der Waals surface area contributed by atoms with E-state index in [-0.39, 0.29) is 0 Å². The van der Waals surface area contributed by atoms with Crippen LogP contribution in [0.1, 0.15) is 27.7 Å². The number of rotatable bonds is 0. The van der Waals surface area contributed by atoms with Crippen molar-refractivity contribution in [2.75, 3.05) is 0 Å². The zero-order chi connectivity index (χ0) is 7.98. The van der Waals surface area contributed by atoms with Crippen molar-refractivity contribution in [2.45, 2.75) is 33.1 Å². The van der Waals surface area contributed by atoms with Gasteiger partial charge in [-0.05, 0) is 24.8 Å². The maximum Gasteiger partial charge on any atom is 0.0963 e. The molecule has 0 aliphatic carbocycles. The van der Waals surface area contributed by atoms with Crippen LogP contribution in [0.3, 0.4) is 0 Å². The molecule has 0 saturated carbocycles. The molecule has 0 spiro atoms. The second kappa shape index (κ2) is 5.54. The van der Waals surface area contributed by atoms with Crippen LogP contribution in [0, 0.1) is 0 Å². The first-order valence-electron chi connectivity index (χ1n) is 3.64. The quantitative estimate of drug-likeness (QED) is 0.526. The van der Waals surface area contributed by atoms with Gasteiger partial charge in [0.05, 0.1) is 5.37 Å². The maximum atomic E-state index is 4.18. The molecule has 0 saturated heterocycles. The van der Waals surface area contributed by atoms with Crippen LogP contribution in [0.15, 0.2) is 16.0 Å². The van der Waals surface area contributed by atoms with Crippen molar-refractivity contribution in [3.05, 3.63) is 11.0 Å². The predicted octanol–water partition coefficient (Wildman–Crippen LogP) is 3.08. The first kappa shape index (κ1) is 9.76. The SMILES string of the molecule is CC.CC1=CSC(C)N=C1. The minimum absolute atomic E-state index is 0.429. The van der Waals surface area contributed by atoms with Crippen LogP contribution in [-0.4, -0.2) is 11.6 Å². The molecule has 0 aromatic heterocycles. The van der Waals surface area contributed by atoms with E-state index in [1.807, 2.05) is 20.1 Å². The first-order valence-corrected chi connectivity index (χ1v) is 4.59. The fourth-order valence-electron chi connectivity index (χ4n) is 0.494. The molecule has 0 N–H and O–H groups in total. The van der Waals surface area contributed by atoms with Crippen LogP contribution in [0.2, 0.25) is 0 Å². The van der Waals surface area contributed by atoms with Crippen LogP contribution in [0.5, 0.6) is 0 Å². The number of nitrogens with zero attached hydrogens (tertiary/aromatic N) is 1. The Bertz CT molecular complexity index is 138. The van der Waals surface area contributed by atoms with E-state index in [4.69, 9.17) is 0 Å². The summed E-state index contributed by atoms with van der Waals surface area (Å²) in [6, 6.07) is 0. The molecule has 1 nitrogen and oxygen atoms in total. The van der Waals surface area contributed by atoms with Gasteiger partial charge in [-0.2, -0.15) is 0 Å². The van der Waals surface area contributed by atoms with E-state index in [9.17, 15) is 0 Å². The van der Waals surface area contributed by atoms with Gasteiger partial charge >= 0.3 is 0 Å². The fraction of sp³-hybridized carbons (Fsp3) is 0.625. The van der Waals surface area contributed by atoms with E-state index in [2.05, 4.69) is 24.2 Å². The van der Waals surface area contributed by atoms with Crippen molar-refractivity contribution in [1.82, 2.24) is 0 Å². The normalized spacial score (nSPS) is 22.8. The number of thioether (sulfide) groups is 1. The lowest BCUT2D eigenvalue weighted by Gasteiger charge is -2.06. The molecule has 1 aliphatic heterocycles. The topological polar surface area (TPSA) is 12.4 Å². The Kier molecular flexibility index (Phi) is 5.40. The number of allylic oxidation sites excluding steroid dienone is 1. The van der Waals surface area contributed by atoms with E-state index in [0.29, 0.717) is 5.37 Å². The standard InChI is InChI=1S/C6H9NS.C2H6/c1-5-3-7-6(2)8-4-5;1-2/h3-4,6H,1-2H3;1-2H3. The zero-order valence-electron chi connectivity index (χ0n) is 7.09. The van der Waals surface area contributed by atoms with Gasteiger partial charge in [0, 0.05) is 6.21 Å². The molecule has 10 heavy (non-hydrogen) atoms. The summed E-state index contributed by atoms with van der Waals surface area (Å²) in [6.07, 6.45) is 1.92. The Balaban J connectivity index is 0.000000371. The van der Waals surface area contributed by atoms with Gasteiger partial charge in [0.2, 0.25) is 0 Å². The van der Waals surface area contributed by atoms with Gasteiger partial charge in [-0.1, -0.05) is 13.8 Å². The molecule has 0 bridgehead atoms. The summed E-state index contributed by atoms with van der Waals surface area (Å²) < 4.78 is 0. The summed E-state index contributed by atoms with van der Waals surface area (Å²) >= 11 is 1.77. The minimum Gasteiger partial charge on any atom is -0.279 e. The van der Waals surface area contributed by atoms with E-state index in [0.717, 1.165) is 0 Å². The van der Waals surface area contributed by atoms with Gasteiger partial charge in [-0.3, -0.25) is 4.99 Å². The van der Waals surface area contributed by atoms with E-state index in [1.165, 1.54) is 5.57 Å². The maximum absolute atomic E-state index is 4.18. The zero-order valence-corrected chi connectivity index (χ0v) is 7.90. The molecular weight excluding hydrogens is 142 g/mol. The van der Waals surface area contributed by atoms with Crippen LogP contribution in [0.25, 0.3) is 0 Å². The molecule has 0 aromatic carbocycles. The highest BCUT2D eigenvalue weighted by Crippen LogP contribution is 2.18. The van der Waals surface area contributed by atoms with Crippen molar-refractivity contribution in [1.29, 1.82) is 0 Å². The van der Waals surface area contributed by atoms with Crippen molar-refractivity contribution in [2.24, 2.45) is 4.99 Å². The number of hydrogen-bond donors (Lipinski definition) is 0. The molecule has 58 valence electrons. The van der Waals surface area contributed by atoms with Gasteiger partial charge in [0.15, 0.2) is 0 Å². The summed E-state index contributed by atoms with van der Waals surface area (Å²) in [5, 5.41) is 2.57. The summed E-state index contributed by atoms with van der Waals surface area (Å²) in [5.41, 5.74) is 1.26. The predicted molar refractivity (Wildman–Crippen MR) is 50.7 cm³/mol. The third-order valence-corrected chi connectivity index (χ3v) is 1.96. The van der Waals surface area contributed by atoms with Crippen LogP contribution >= 0.6 is 11.8 Å². The highest BCUT2D eigenvalue weighted by atomic mass is 32.2. The largest absolute Gasteiger partial charge is 0.279 e. The molecule has 0 radical (unpaired) electrons. The monoisotopic (exact) mass is 157 g/mol. The third-order valence-electron chi connectivity index (χ3n) is 0.939.